The minimum atomic E-state index is -0.882. The fourth-order valence-electron chi connectivity index (χ4n) is 2.51. The molecule has 1 unspecified atom stereocenters. The van der Waals surface area contributed by atoms with E-state index in [1.165, 1.54) is 6.07 Å². The summed E-state index contributed by atoms with van der Waals surface area (Å²) in [6, 6.07) is 10.7. The van der Waals surface area contributed by atoms with E-state index in [4.69, 9.17) is 17.3 Å². The molecule has 1 nitrogen and oxygen atoms in total. The van der Waals surface area contributed by atoms with Crippen molar-refractivity contribution in [3.05, 3.63) is 69.5 Å². The minimum Gasteiger partial charge on any atom is -0.318 e. The van der Waals surface area contributed by atoms with E-state index in [9.17, 15) is 4.39 Å². The van der Waals surface area contributed by atoms with Gasteiger partial charge in [-0.3, -0.25) is 0 Å². The summed E-state index contributed by atoms with van der Waals surface area (Å²) in [5.41, 5.74) is 8.61. The lowest BCUT2D eigenvalue weighted by atomic mass is 9.82. The van der Waals surface area contributed by atoms with Crippen LogP contribution in [-0.2, 0) is 5.54 Å². The van der Waals surface area contributed by atoms with Crippen molar-refractivity contribution in [3.8, 4) is 0 Å². The van der Waals surface area contributed by atoms with Gasteiger partial charge in [0.15, 0.2) is 0 Å². The quantitative estimate of drug-likeness (QED) is 0.869. The third kappa shape index (κ3) is 2.65. The number of aryl methyl sites for hydroxylation is 2. The maximum Gasteiger partial charge on any atom is 0.129 e. The molecule has 2 N–H and O–H groups in total. The van der Waals surface area contributed by atoms with Crippen LogP contribution in [0.1, 0.15) is 29.2 Å². The number of hydrogen-bond donors (Lipinski definition) is 1. The summed E-state index contributed by atoms with van der Waals surface area (Å²) in [5.74, 6) is -0.266. The molecule has 0 heterocycles. The second-order valence-electron chi connectivity index (χ2n) is 5.15. The van der Waals surface area contributed by atoms with Crippen molar-refractivity contribution in [3.63, 3.8) is 0 Å². The molecule has 2 rings (SSSR count). The maximum atomic E-state index is 14.3. The molecule has 19 heavy (non-hydrogen) atoms. The van der Waals surface area contributed by atoms with Crippen LogP contribution in [-0.4, -0.2) is 0 Å². The average Bonchev–Trinajstić information content (AvgIpc) is 2.27. The minimum absolute atomic E-state index is 0.266. The van der Waals surface area contributed by atoms with E-state index in [-0.39, 0.29) is 5.82 Å². The third-order valence-electron chi connectivity index (χ3n) is 3.39. The van der Waals surface area contributed by atoms with Crippen molar-refractivity contribution in [1.29, 1.82) is 0 Å². The van der Waals surface area contributed by atoms with E-state index in [1.54, 1.807) is 12.1 Å². The zero-order valence-electron chi connectivity index (χ0n) is 11.3. The highest BCUT2D eigenvalue weighted by atomic mass is 35.5. The molecule has 0 bridgehead atoms. The molecule has 0 saturated carbocycles. The summed E-state index contributed by atoms with van der Waals surface area (Å²) in [5, 5.41) is 0.639. The molecule has 2 aromatic carbocycles. The highest BCUT2D eigenvalue weighted by Crippen LogP contribution is 2.32. The van der Waals surface area contributed by atoms with Crippen LogP contribution in [0, 0.1) is 19.7 Å². The smallest absolute Gasteiger partial charge is 0.129 e. The van der Waals surface area contributed by atoms with Crippen molar-refractivity contribution < 1.29 is 4.39 Å². The fourth-order valence-corrected chi connectivity index (χ4v) is 2.64. The van der Waals surface area contributed by atoms with E-state index in [0.29, 0.717) is 10.6 Å². The number of halogens is 2. The van der Waals surface area contributed by atoms with Gasteiger partial charge in [0, 0.05) is 10.6 Å². The Kier molecular flexibility index (Phi) is 3.66. The Morgan fingerprint density at radius 3 is 2.21 bits per heavy atom. The van der Waals surface area contributed by atoms with E-state index in [0.717, 1.165) is 16.7 Å². The van der Waals surface area contributed by atoms with Crippen molar-refractivity contribution in [2.24, 2.45) is 5.73 Å². The van der Waals surface area contributed by atoms with Crippen molar-refractivity contribution in [2.75, 3.05) is 0 Å². The molecule has 0 aromatic heterocycles. The summed E-state index contributed by atoms with van der Waals surface area (Å²) in [6.45, 7) is 5.57. The lowest BCUT2D eigenvalue weighted by Gasteiger charge is -2.28. The molecule has 1 atom stereocenters. The molecular weight excluding hydrogens is 261 g/mol. The third-order valence-corrected chi connectivity index (χ3v) is 3.65. The van der Waals surface area contributed by atoms with E-state index in [1.807, 2.05) is 39.0 Å². The van der Waals surface area contributed by atoms with Gasteiger partial charge in [-0.25, -0.2) is 4.39 Å². The summed E-state index contributed by atoms with van der Waals surface area (Å²) in [7, 11) is 0. The maximum absolute atomic E-state index is 14.3. The highest BCUT2D eigenvalue weighted by molar-refractivity contribution is 6.30. The first-order valence-electron chi connectivity index (χ1n) is 6.14. The van der Waals surface area contributed by atoms with Crippen LogP contribution < -0.4 is 5.73 Å². The Labute approximate surface area is 118 Å². The van der Waals surface area contributed by atoms with Gasteiger partial charge in [-0.2, -0.15) is 0 Å². The Bertz CT molecular complexity index is 580. The second-order valence-corrected chi connectivity index (χ2v) is 5.58. The molecule has 0 aliphatic carbocycles. The number of rotatable bonds is 2. The first-order valence-corrected chi connectivity index (χ1v) is 6.52. The molecular formula is C16H17ClFN. The molecule has 2 aromatic rings. The summed E-state index contributed by atoms with van der Waals surface area (Å²) in [4.78, 5) is 0. The van der Waals surface area contributed by atoms with Gasteiger partial charge in [-0.15, -0.1) is 0 Å². The Balaban J connectivity index is 2.59. The first-order chi connectivity index (χ1) is 8.82. The van der Waals surface area contributed by atoms with Crippen molar-refractivity contribution >= 4 is 11.6 Å². The van der Waals surface area contributed by atoms with Crippen LogP contribution in [0.5, 0.6) is 0 Å². The highest BCUT2D eigenvalue weighted by Gasteiger charge is 2.28. The van der Waals surface area contributed by atoms with Gasteiger partial charge in [0.05, 0.1) is 5.54 Å². The standard InChI is InChI=1S/C16H17ClFN/c1-10-8-11(2)15(14(18)9-10)16(3,19)12-4-6-13(17)7-5-12/h4-9H,19H2,1-3H3. The zero-order valence-corrected chi connectivity index (χ0v) is 12.1. The van der Waals surface area contributed by atoms with Crippen LogP contribution in [0.4, 0.5) is 4.39 Å². The average molecular weight is 278 g/mol. The van der Waals surface area contributed by atoms with Gasteiger partial charge in [0.25, 0.3) is 0 Å². The van der Waals surface area contributed by atoms with Crippen molar-refractivity contribution in [2.45, 2.75) is 26.3 Å². The molecule has 0 saturated heterocycles. The molecule has 0 fully saturated rings. The number of benzene rings is 2. The number of hydrogen-bond acceptors (Lipinski definition) is 1. The topological polar surface area (TPSA) is 26.0 Å². The number of nitrogens with two attached hydrogens (primary N) is 1. The Morgan fingerprint density at radius 1 is 1.11 bits per heavy atom. The summed E-state index contributed by atoms with van der Waals surface area (Å²) in [6.07, 6.45) is 0. The lowest BCUT2D eigenvalue weighted by molar-refractivity contribution is 0.526. The van der Waals surface area contributed by atoms with Gasteiger partial charge in [0.1, 0.15) is 5.82 Å². The lowest BCUT2D eigenvalue weighted by Crippen LogP contribution is -2.36. The van der Waals surface area contributed by atoms with Gasteiger partial charge >= 0.3 is 0 Å². The van der Waals surface area contributed by atoms with Crippen LogP contribution >= 0.6 is 11.6 Å². The van der Waals surface area contributed by atoms with Crippen LogP contribution in [0.3, 0.4) is 0 Å². The molecule has 0 aliphatic heterocycles. The first kappa shape index (κ1) is 14.0. The van der Waals surface area contributed by atoms with E-state index in [2.05, 4.69) is 0 Å². The molecule has 0 amide bonds. The predicted molar refractivity (Wildman–Crippen MR) is 78.0 cm³/mol. The van der Waals surface area contributed by atoms with Gasteiger partial charge < -0.3 is 5.73 Å². The van der Waals surface area contributed by atoms with Crippen LogP contribution in [0.25, 0.3) is 0 Å². The molecule has 0 radical (unpaired) electrons. The van der Waals surface area contributed by atoms with Crippen molar-refractivity contribution in [1.82, 2.24) is 0 Å². The van der Waals surface area contributed by atoms with E-state index >= 15 is 0 Å². The van der Waals surface area contributed by atoms with Crippen LogP contribution in [0.15, 0.2) is 36.4 Å². The van der Waals surface area contributed by atoms with Gasteiger partial charge in [-0.05, 0) is 55.7 Å². The molecule has 0 aliphatic rings. The molecule has 100 valence electrons. The fraction of sp³-hybridized carbons (Fsp3) is 0.250. The summed E-state index contributed by atoms with van der Waals surface area (Å²) >= 11 is 5.88. The molecule has 3 heteroatoms. The Morgan fingerprint density at radius 2 is 1.68 bits per heavy atom. The predicted octanol–water partition coefficient (Wildman–Crippen LogP) is 4.32. The van der Waals surface area contributed by atoms with Gasteiger partial charge in [0.2, 0.25) is 0 Å². The zero-order chi connectivity index (χ0) is 14.2. The molecule has 0 spiro atoms. The SMILES string of the molecule is Cc1cc(C)c(C(C)(N)c2ccc(Cl)cc2)c(F)c1. The van der Waals surface area contributed by atoms with E-state index < -0.39 is 5.54 Å². The van der Waals surface area contributed by atoms with Crippen LogP contribution in [0.2, 0.25) is 5.02 Å². The Hall–Kier alpha value is -1.38. The van der Waals surface area contributed by atoms with Gasteiger partial charge in [-0.1, -0.05) is 29.8 Å². The monoisotopic (exact) mass is 277 g/mol. The second kappa shape index (κ2) is 4.95. The summed E-state index contributed by atoms with van der Waals surface area (Å²) < 4.78 is 14.3. The normalized spacial score (nSPS) is 14.2. The largest absolute Gasteiger partial charge is 0.318 e.